The van der Waals surface area contributed by atoms with E-state index in [0.717, 1.165) is 12.8 Å². The Morgan fingerprint density at radius 1 is 1.29 bits per heavy atom. The highest BCUT2D eigenvalue weighted by Gasteiger charge is 2.38. The predicted octanol–water partition coefficient (Wildman–Crippen LogP) is 2.91. The van der Waals surface area contributed by atoms with Gasteiger partial charge in [-0.2, -0.15) is 0 Å². The minimum Gasteiger partial charge on any atom is -0.481 e. The molecule has 0 saturated carbocycles. The Balaban J connectivity index is 1.66. The summed E-state index contributed by atoms with van der Waals surface area (Å²) < 4.78 is 11.8. The molecule has 3 rings (SSSR count). The number of carbonyl (C=O) groups is 2. The van der Waals surface area contributed by atoms with E-state index >= 15 is 0 Å². The highest BCUT2D eigenvalue weighted by Crippen LogP contribution is 2.43. The van der Waals surface area contributed by atoms with Crippen LogP contribution in [0, 0.1) is 5.92 Å². The first kappa shape index (κ1) is 16.4. The van der Waals surface area contributed by atoms with Gasteiger partial charge in [0.2, 0.25) is 0 Å². The molecule has 2 aliphatic heterocycles. The molecule has 7 heteroatoms. The summed E-state index contributed by atoms with van der Waals surface area (Å²) in [4.78, 5) is 24.8. The van der Waals surface area contributed by atoms with Gasteiger partial charge in [-0.05, 0) is 18.6 Å². The standard InChI is InChI=1S/C17H22N2O5/c1-3-17(4-2)23-13-6-5-12(9-14(13)24-17)18-16(22)19-8-7-11(10-19)15(20)21/h5-6,9,11H,3-4,7-8,10H2,1-2H3,(H,18,22)(H,20,21). The molecule has 2 N–H and O–H groups in total. The second-order valence-electron chi connectivity index (χ2n) is 6.18. The third kappa shape index (κ3) is 2.98. The summed E-state index contributed by atoms with van der Waals surface area (Å²) in [5.74, 6) is -0.689. The van der Waals surface area contributed by atoms with Gasteiger partial charge in [-0.1, -0.05) is 13.8 Å². The minimum atomic E-state index is -0.858. The largest absolute Gasteiger partial charge is 0.481 e. The number of likely N-dealkylation sites (tertiary alicyclic amines) is 1. The second kappa shape index (κ2) is 6.22. The van der Waals surface area contributed by atoms with Crippen molar-refractivity contribution in [2.24, 2.45) is 5.92 Å². The van der Waals surface area contributed by atoms with Crippen LogP contribution in [0.15, 0.2) is 18.2 Å². The molecule has 1 atom stereocenters. The monoisotopic (exact) mass is 334 g/mol. The zero-order chi connectivity index (χ0) is 17.3. The van der Waals surface area contributed by atoms with Crippen LogP contribution in [0.1, 0.15) is 33.1 Å². The van der Waals surface area contributed by atoms with Crippen molar-refractivity contribution in [3.8, 4) is 11.5 Å². The number of hydrogen-bond acceptors (Lipinski definition) is 4. The Morgan fingerprint density at radius 2 is 2.00 bits per heavy atom. The van der Waals surface area contributed by atoms with Crippen molar-refractivity contribution in [2.45, 2.75) is 38.9 Å². The zero-order valence-electron chi connectivity index (χ0n) is 13.9. The molecular weight excluding hydrogens is 312 g/mol. The SMILES string of the molecule is CCC1(CC)Oc2ccc(NC(=O)N3CCC(C(=O)O)C3)cc2O1. The van der Waals surface area contributed by atoms with Gasteiger partial charge in [-0.3, -0.25) is 4.79 Å². The summed E-state index contributed by atoms with van der Waals surface area (Å²) in [6.07, 6.45) is 1.94. The van der Waals surface area contributed by atoms with Crippen molar-refractivity contribution >= 4 is 17.7 Å². The smallest absolute Gasteiger partial charge is 0.321 e. The van der Waals surface area contributed by atoms with Crippen LogP contribution in [0.2, 0.25) is 0 Å². The molecule has 24 heavy (non-hydrogen) atoms. The van der Waals surface area contributed by atoms with E-state index in [9.17, 15) is 9.59 Å². The Morgan fingerprint density at radius 3 is 2.62 bits per heavy atom. The summed E-state index contributed by atoms with van der Waals surface area (Å²) in [5, 5.41) is 11.8. The highest BCUT2D eigenvalue weighted by molar-refractivity contribution is 5.90. The normalized spacial score (nSPS) is 20.9. The average Bonchev–Trinajstić information content (AvgIpc) is 3.19. The number of hydrogen-bond donors (Lipinski definition) is 2. The first-order chi connectivity index (χ1) is 11.5. The lowest BCUT2D eigenvalue weighted by molar-refractivity contribution is -0.141. The molecule has 1 unspecified atom stereocenters. The molecule has 0 radical (unpaired) electrons. The molecule has 1 aromatic rings. The van der Waals surface area contributed by atoms with Gasteiger partial charge in [0.15, 0.2) is 11.5 Å². The summed E-state index contributed by atoms with van der Waals surface area (Å²) in [7, 11) is 0. The van der Waals surface area contributed by atoms with Crippen LogP contribution in [-0.4, -0.2) is 40.9 Å². The average molecular weight is 334 g/mol. The first-order valence-corrected chi connectivity index (χ1v) is 8.27. The maximum Gasteiger partial charge on any atom is 0.321 e. The topological polar surface area (TPSA) is 88.1 Å². The van der Waals surface area contributed by atoms with E-state index in [2.05, 4.69) is 5.32 Å². The fourth-order valence-electron chi connectivity index (χ4n) is 3.06. The molecule has 0 spiro atoms. The summed E-state index contributed by atoms with van der Waals surface area (Å²) >= 11 is 0. The van der Waals surface area contributed by atoms with Crippen LogP contribution in [0.5, 0.6) is 11.5 Å². The van der Waals surface area contributed by atoms with Crippen molar-refractivity contribution in [2.75, 3.05) is 18.4 Å². The molecular formula is C17H22N2O5. The number of nitrogens with one attached hydrogen (secondary N) is 1. The van der Waals surface area contributed by atoms with Crippen LogP contribution in [-0.2, 0) is 4.79 Å². The molecule has 0 aromatic heterocycles. The van der Waals surface area contributed by atoms with Gasteiger partial charge in [0.25, 0.3) is 5.79 Å². The predicted molar refractivity (Wildman–Crippen MR) is 87.3 cm³/mol. The number of amides is 2. The second-order valence-corrected chi connectivity index (χ2v) is 6.18. The minimum absolute atomic E-state index is 0.237. The number of carboxylic acids is 1. The lowest BCUT2D eigenvalue weighted by Crippen LogP contribution is -2.36. The lowest BCUT2D eigenvalue weighted by Gasteiger charge is -2.24. The number of aliphatic carboxylic acids is 1. The molecule has 0 bridgehead atoms. The number of ether oxygens (including phenoxy) is 2. The molecule has 130 valence electrons. The fourth-order valence-corrected chi connectivity index (χ4v) is 3.06. The van der Waals surface area contributed by atoms with Gasteiger partial charge in [0, 0.05) is 37.7 Å². The van der Waals surface area contributed by atoms with Gasteiger partial charge in [-0.15, -0.1) is 0 Å². The van der Waals surface area contributed by atoms with Gasteiger partial charge in [0.1, 0.15) is 0 Å². The van der Waals surface area contributed by atoms with E-state index < -0.39 is 17.7 Å². The van der Waals surface area contributed by atoms with Gasteiger partial charge < -0.3 is 24.8 Å². The van der Waals surface area contributed by atoms with E-state index in [4.69, 9.17) is 14.6 Å². The number of fused-ring (bicyclic) bond motifs is 1. The molecule has 1 aromatic carbocycles. The Kier molecular flexibility index (Phi) is 4.26. The Bertz CT molecular complexity index is 656. The molecule has 2 aliphatic rings. The molecule has 1 saturated heterocycles. The molecule has 2 heterocycles. The quantitative estimate of drug-likeness (QED) is 0.884. The van der Waals surface area contributed by atoms with Gasteiger partial charge in [0.05, 0.1) is 5.92 Å². The van der Waals surface area contributed by atoms with Crippen molar-refractivity contribution < 1.29 is 24.2 Å². The van der Waals surface area contributed by atoms with Crippen LogP contribution in [0.25, 0.3) is 0 Å². The number of benzene rings is 1. The van der Waals surface area contributed by atoms with E-state index in [1.807, 2.05) is 13.8 Å². The van der Waals surface area contributed by atoms with Crippen LogP contribution >= 0.6 is 0 Å². The lowest BCUT2D eigenvalue weighted by atomic mass is 10.1. The van der Waals surface area contributed by atoms with E-state index in [0.29, 0.717) is 30.2 Å². The first-order valence-electron chi connectivity index (χ1n) is 8.27. The molecule has 1 fully saturated rings. The summed E-state index contributed by atoms with van der Waals surface area (Å²) in [6, 6.07) is 4.98. The van der Waals surface area contributed by atoms with Crippen LogP contribution in [0.3, 0.4) is 0 Å². The molecule has 2 amide bonds. The number of carbonyl (C=O) groups excluding carboxylic acids is 1. The van der Waals surface area contributed by atoms with E-state index in [1.54, 1.807) is 18.2 Å². The molecule has 0 aliphatic carbocycles. The number of urea groups is 1. The van der Waals surface area contributed by atoms with Gasteiger partial charge in [-0.25, -0.2) is 4.79 Å². The number of anilines is 1. The molecule has 7 nitrogen and oxygen atoms in total. The Hall–Kier alpha value is -2.44. The summed E-state index contributed by atoms with van der Waals surface area (Å²) in [6.45, 7) is 4.69. The zero-order valence-corrected chi connectivity index (χ0v) is 13.9. The van der Waals surface area contributed by atoms with Crippen molar-refractivity contribution in [3.05, 3.63) is 18.2 Å². The van der Waals surface area contributed by atoms with Crippen molar-refractivity contribution in [1.82, 2.24) is 4.90 Å². The Labute approximate surface area is 140 Å². The van der Waals surface area contributed by atoms with E-state index in [1.165, 1.54) is 4.90 Å². The third-order valence-corrected chi connectivity index (χ3v) is 4.69. The van der Waals surface area contributed by atoms with Crippen LogP contribution < -0.4 is 14.8 Å². The van der Waals surface area contributed by atoms with Gasteiger partial charge >= 0.3 is 12.0 Å². The van der Waals surface area contributed by atoms with Crippen LogP contribution in [0.4, 0.5) is 10.5 Å². The third-order valence-electron chi connectivity index (χ3n) is 4.69. The maximum atomic E-state index is 12.3. The number of rotatable bonds is 4. The van der Waals surface area contributed by atoms with Crippen molar-refractivity contribution in [3.63, 3.8) is 0 Å². The van der Waals surface area contributed by atoms with E-state index in [-0.39, 0.29) is 12.6 Å². The maximum absolute atomic E-state index is 12.3. The number of carboxylic acid groups (broad SMARTS) is 1. The van der Waals surface area contributed by atoms with Crippen molar-refractivity contribution in [1.29, 1.82) is 0 Å². The highest BCUT2D eigenvalue weighted by atomic mass is 16.7. The fraction of sp³-hybridized carbons (Fsp3) is 0.529. The number of nitrogens with zero attached hydrogens (tertiary/aromatic N) is 1. The summed E-state index contributed by atoms with van der Waals surface area (Å²) in [5.41, 5.74) is 0.601.